The molecule has 0 saturated carbocycles. The number of hydrogen-bond acceptors (Lipinski definition) is 9. The van der Waals surface area contributed by atoms with Crippen LogP contribution in [0.4, 0.5) is 11.6 Å². The number of anilines is 2. The molecule has 0 spiro atoms. The van der Waals surface area contributed by atoms with Gasteiger partial charge in [0.05, 0.1) is 5.69 Å². The number of sulfonamides is 1. The second-order valence-corrected chi connectivity index (χ2v) is 9.90. The van der Waals surface area contributed by atoms with Crippen LogP contribution in [0.5, 0.6) is 11.5 Å². The number of fused-ring (bicyclic) bond motifs is 1. The molecule has 3 N–H and O–H groups in total. The van der Waals surface area contributed by atoms with Crippen LogP contribution >= 0.6 is 22.9 Å². The first kappa shape index (κ1) is 22.9. The molecule has 3 heterocycles. The Morgan fingerprint density at radius 3 is 2.52 bits per heavy atom. The number of thiophene rings is 1. The summed E-state index contributed by atoms with van der Waals surface area (Å²) in [6.07, 6.45) is 0. The van der Waals surface area contributed by atoms with E-state index < -0.39 is 21.9 Å². The van der Waals surface area contributed by atoms with Crippen LogP contribution in [0, 0.1) is 20.8 Å². The molecule has 1 aliphatic heterocycles. The van der Waals surface area contributed by atoms with Crippen molar-refractivity contribution in [2.75, 3.05) is 16.8 Å². The highest BCUT2D eigenvalue weighted by Gasteiger charge is 2.32. The van der Waals surface area contributed by atoms with E-state index in [1.165, 1.54) is 18.4 Å². The Hall–Kier alpha value is -3.29. The maximum atomic E-state index is 13.1. The maximum Gasteiger partial charge on any atom is 0.339 e. The van der Waals surface area contributed by atoms with Crippen LogP contribution in [-0.4, -0.2) is 37.4 Å². The second-order valence-electron chi connectivity index (χ2n) is 6.95. The summed E-state index contributed by atoms with van der Waals surface area (Å²) in [5.41, 5.74) is 1.23. The van der Waals surface area contributed by atoms with Crippen LogP contribution in [0.15, 0.2) is 20.9 Å². The number of nitrogens with zero attached hydrogens (tertiary/aromatic N) is 1. The summed E-state index contributed by atoms with van der Waals surface area (Å²) in [5.74, 6) is -2.16. The van der Waals surface area contributed by atoms with Crippen LogP contribution in [0.2, 0.25) is 5.02 Å². The molecule has 174 valence electrons. The lowest BCUT2D eigenvalue weighted by Gasteiger charge is -2.16. The molecule has 2 aromatic heterocycles. The molecule has 0 bridgehead atoms. The van der Waals surface area contributed by atoms with E-state index >= 15 is 0 Å². The molecule has 0 saturated heterocycles. The van der Waals surface area contributed by atoms with Crippen LogP contribution in [-0.2, 0) is 10.0 Å². The third kappa shape index (κ3) is 3.87. The second kappa shape index (κ2) is 8.24. The molecular formula is C19H16ClN3O8S2. The van der Waals surface area contributed by atoms with Crippen molar-refractivity contribution < 1.29 is 37.1 Å². The van der Waals surface area contributed by atoms with Gasteiger partial charge in [-0.05, 0) is 43.3 Å². The first-order valence-electron chi connectivity index (χ1n) is 9.22. The molecule has 0 radical (unpaired) electrons. The van der Waals surface area contributed by atoms with Crippen molar-refractivity contribution in [3.05, 3.63) is 43.7 Å². The van der Waals surface area contributed by atoms with Gasteiger partial charge >= 0.3 is 5.97 Å². The molecule has 0 atom stereocenters. The third-order valence-electron chi connectivity index (χ3n) is 4.97. The Morgan fingerprint density at radius 2 is 1.88 bits per heavy atom. The number of aromatic nitrogens is 1. The van der Waals surface area contributed by atoms with Gasteiger partial charge < -0.3 is 24.4 Å². The van der Waals surface area contributed by atoms with E-state index in [0.29, 0.717) is 16.8 Å². The third-order valence-corrected chi connectivity index (χ3v) is 7.84. The van der Waals surface area contributed by atoms with Crippen molar-refractivity contribution in [1.82, 2.24) is 5.16 Å². The number of amides is 1. The van der Waals surface area contributed by atoms with Gasteiger partial charge in [0.1, 0.15) is 26.1 Å². The molecule has 1 aromatic carbocycles. The average Bonchev–Trinajstić information content (AvgIpc) is 3.48. The highest BCUT2D eigenvalue weighted by atomic mass is 35.5. The number of carboxylic acid groups (broad SMARTS) is 1. The quantitative estimate of drug-likeness (QED) is 0.446. The molecule has 1 aliphatic rings. The molecule has 0 fully saturated rings. The number of aromatic carboxylic acids is 1. The minimum Gasteiger partial charge on any atom is -0.478 e. The number of carbonyl (C=O) groups is 2. The number of carboxylic acids is 1. The summed E-state index contributed by atoms with van der Waals surface area (Å²) in [6.45, 7) is 4.50. The van der Waals surface area contributed by atoms with E-state index in [0.717, 1.165) is 11.3 Å². The lowest BCUT2D eigenvalue weighted by Crippen LogP contribution is -2.19. The van der Waals surface area contributed by atoms with E-state index in [1.54, 1.807) is 13.8 Å². The number of ether oxygens (including phenoxy) is 2. The highest BCUT2D eigenvalue weighted by Crippen LogP contribution is 2.46. The summed E-state index contributed by atoms with van der Waals surface area (Å²) in [6, 6.07) is 1.26. The minimum absolute atomic E-state index is 0.00265. The predicted octanol–water partition coefficient (Wildman–Crippen LogP) is 3.79. The van der Waals surface area contributed by atoms with E-state index in [2.05, 4.69) is 15.2 Å². The summed E-state index contributed by atoms with van der Waals surface area (Å²) < 4.78 is 43.6. The Bertz CT molecular complexity index is 1410. The summed E-state index contributed by atoms with van der Waals surface area (Å²) in [7, 11) is -4.25. The number of rotatable bonds is 6. The van der Waals surface area contributed by atoms with Crippen LogP contribution in [0.1, 0.15) is 36.9 Å². The topological polar surface area (TPSA) is 157 Å². The van der Waals surface area contributed by atoms with Crippen molar-refractivity contribution in [3.8, 4) is 11.5 Å². The van der Waals surface area contributed by atoms with Crippen molar-refractivity contribution in [1.29, 1.82) is 0 Å². The van der Waals surface area contributed by atoms with Gasteiger partial charge in [-0.15, -0.1) is 11.3 Å². The molecule has 11 nitrogen and oxygen atoms in total. The smallest absolute Gasteiger partial charge is 0.339 e. The predicted molar refractivity (Wildman–Crippen MR) is 118 cm³/mol. The lowest BCUT2D eigenvalue weighted by molar-refractivity contribution is 0.0691. The zero-order valence-corrected chi connectivity index (χ0v) is 19.7. The van der Waals surface area contributed by atoms with Crippen LogP contribution in [0.3, 0.4) is 0 Å². The van der Waals surface area contributed by atoms with Gasteiger partial charge in [-0.3, -0.25) is 4.79 Å². The normalized spacial score (nSPS) is 12.6. The molecule has 1 amide bonds. The number of benzene rings is 1. The van der Waals surface area contributed by atoms with Gasteiger partial charge in [-0.25, -0.2) is 17.9 Å². The summed E-state index contributed by atoms with van der Waals surface area (Å²) in [5, 5.41) is 17.2. The van der Waals surface area contributed by atoms with Crippen LogP contribution in [0.25, 0.3) is 0 Å². The number of carbonyl (C=O) groups excluding carboxylic acids is 1. The highest BCUT2D eigenvalue weighted by molar-refractivity contribution is 7.93. The van der Waals surface area contributed by atoms with E-state index in [-0.39, 0.29) is 50.2 Å². The van der Waals surface area contributed by atoms with Gasteiger partial charge in [0.15, 0.2) is 11.5 Å². The average molecular weight is 514 g/mol. The molecule has 0 unspecified atom stereocenters. The number of aryl methyl sites for hydroxylation is 1. The van der Waals surface area contributed by atoms with Crippen molar-refractivity contribution in [3.63, 3.8) is 0 Å². The first-order chi connectivity index (χ1) is 15.5. The fourth-order valence-electron chi connectivity index (χ4n) is 3.22. The zero-order chi connectivity index (χ0) is 24.1. The first-order valence-corrected chi connectivity index (χ1v) is 12.0. The molecular weight excluding hydrogens is 498 g/mol. The zero-order valence-electron chi connectivity index (χ0n) is 17.3. The van der Waals surface area contributed by atoms with Crippen molar-refractivity contribution >= 4 is 56.4 Å². The lowest BCUT2D eigenvalue weighted by atomic mass is 9.99. The maximum absolute atomic E-state index is 13.1. The Morgan fingerprint density at radius 1 is 1.18 bits per heavy atom. The van der Waals surface area contributed by atoms with E-state index in [1.807, 2.05) is 0 Å². The van der Waals surface area contributed by atoms with Crippen molar-refractivity contribution in [2.45, 2.75) is 25.7 Å². The minimum atomic E-state index is -4.25. The van der Waals surface area contributed by atoms with Crippen molar-refractivity contribution in [2.24, 2.45) is 0 Å². The van der Waals surface area contributed by atoms with Gasteiger partial charge in [0.25, 0.3) is 21.8 Å². The fourth-order valence-corrected chi connectivity index (χ4v) is 5.71. The summed E-state index contributed by atoms with van der Waals surface area (Å²) in [4.78, 5) is 24.3. The van der Waals surface area contributed by atoms with Gasteiger partial charge in [-0.1, -0.05) is 16.8 Å². The monoisotopic (exact) mass is 513 g/mol. The molecule has 14 heteroatoms. The standard InChI is InChI=1S/C19H16ClN3O8S2/c1-7-8(2)13(15-14(29-6-30-15)11(7)19(25)26)21-17(24)16-10(4-5-32-16)33(27,28)23-18-12(20)9(3)22-31-18/h4-5,23H,6H2,1-3H3,(H,21,24)(H,25,26). The van der Waals surface area contributed by atoms with E-state index in [9.17, 15) is 23.1 Å². The van der Waals surface area contributed by atoms with Gasteiger partial charge in [-0.2, -0.15) is 0 Å². The molecule has 3 aromatic rings. The number of hydrogen-bond donors (Lipinski definition) is 3. The summed E-state index contributed by atoms with van der Waals surface area (Å²) >= 11 is 6.88. The Labute approximate surface area is 196 Å². The van der Waals surface area contributed by atoms with E-state index in [4.69, 9.17) is 25.6 Å². The largest absolute Gasteiger partial charge is 0.478 e. The van der Waals surface area contributed by atoms with Gasteiger partial charge in [0, 0.05) is 0 Å². The fraction of sp³-hybridized carbons (Fsp3) is 0.211. The van der Waals surface area contributed by atoms with Crippen LogP contribution < -0.4 is 19.5 Å². The molecule has 0 aliphatic carbocycles. The SMILES string of the molecule is Cc1noc(NS(=O)(=O)c2ccsc2C(=O)Nc2c(C)c(C)c(C(=O)O)c3c2OCO3)c1Cl. The molecule has 33 heavy (non-hydrogen) atoms. The number of nitrogens with one attached hydrogen (secondary N) is 2. The van der Waals surface area contributed by atoms with Gasteiger partial charge in [0.2, 0.25) is 6.79 Å². The number of halogens is 1. The Kier molecular flexibility index (Phi) is 5.72. The Balaban J connectivity index is 1.69. The molecule has 4 rings (SSSR count).